The number of carbonyl (C=O) groups is 2. The largest absolute Gasteiger partial charge is 0.454 e. The predicted octanol–water partition coefficient (Wildman–Crippen LogP) is 1.67. The van der Waals surface area contributed by atoms with Crippen molar-refractivity contribution in [3.8, 4) is 11.5 Å². The molecule has 2 N–H and O–H groups in total. The molecule has 7 nitrogen and oxygen atoms in total. The van der Waals surface area contributed by atoms with Gasteiger partial charge in [-0.2, -0.15) is 0 Å². The molecule has 2 heterocycles. The van der Waals surface area contributed by atoms with Crippen molar-refractivity contribution in [3.05, 3.63) is 48.3 Å². The van der Waals surface area contributed by atoms with Gasteiger partial charge >= 0.3 is 0 Å². The Morgan fingerprint density at radius 1 is 1.20 bits per heavy atom. The number of pyridine rings is 1. The van der Waals surface area contributed by atoms with Crippen LogP contribution in [-0.4, -0.2) is 30.1 Å². The molecule has 0 saturated heterocycles. The van der Waals surface area contributed by atoms with Crippen LogP contribution in [0.1, 0.15) is 17.9 Å². The predicted molar refractivity (Wildman–Crippen MR) is 89.3 cm³/mol. The summed E-state index contributed by atoms with van der Waals surface area (Å²) in [7, 11) is 0. The van der Waals surface area contributed by atoms with Gasteiger partial charge in [0.2, 0.25) is 18.6 Å². The Labute approximate surface area is 144 Å². The minimum absolute atomic E-state index is 0.0575. The number of fused-ring (bicyclic) bond motifs is 1. The van der Waals surface area contributed by atoms with E-state index in [4.69, 9.17) is 9.47 Å². The van der Waals surface area contributed by atoms with Crippen LogP contribution in [0.5, 0.6) is 11.5 Å². The van der Waals surface area contributed by atoms with Gasteiger partial charge in [0.15, 0.2) is 11.5 Å². The van der Waals surface area contributed by atoms with E-state index >= 15 is 0 Å². The first-order valence-electron chi connectivity index (χ1n) is 8.08. The molecular formula is C18H17N3O4. The van der Waals surface area contributed by atoms with Crippen molar-refractivity contribution in [1.29, 1.82) is 0 Å². The van der Waals surface area contributed by atoms with Crippen molar-refractivity contribution in [3.63, 3.8) is 0 Å². The summed E-state index contributed by atoms with van der Waals surface area (Å²) in [5.74, 6) is 1.13. The molecule has 1 saturated carbocycles. The topological polar surface area (TPSA) is 89.6 Å². The molecule has 1 aliphatic heterocycles. The lowest BCUT2D eigenvalue weighted by Crippen LogP contribution is -2.34. The lowest BCUT2D eigenvalue weighted by Gasteiger charge is -2.07. The van der Waals surface area contributed by atoms with Crippen LogP contribution >= 0.6 is 0 Å². The molecule has 2 amide bonds. The summed E-state index contributed by atoms with van der Waals surface area (Å²) in [4.78, 5) is 28.0. The molecule has 2 aliphatic rings. The summed E-state index contributed by atoms with van der Waals surface area (Å²) < 4.78 is 10.7. The highest BCUT2D eigenvalue weighted by atomic mass is 16.7. The Morgan fingerprint density at radius 2 is 2.08 bits per heavy atom. The third-order valence-corrected chi connectivity index (χ3v) is 4.32. The van der Waals surface area contributed by atoms with Gasteiger partial charge in [-0.05, 0) is 42.2 Å². The van der Waals surface area contributed by atoms with Crippen molar-refractivity contribution in [2.75, 3.05) is 18.7 Å². The summed E-state index contributed by atoms with van der Waals surface area (Å²) in [6, 6.07) is 9.22. The third kappa shape index (κ3) is 3.40. The summed E-state index contributed by atoms with van der Waals surface area (Å²) in [6.07, 6.45) is 3.95. The van der Waals surface area contributed by atoms with Crippen LogP contribution in [0.2, 0.25) is 0 Å². The minimum Gasteiger partial charge on any atom is -0.454 e. The van der Waals surface area contributed by atoms with Crippen LogP contribution in [0, 0.1) is 5.92 Å². The molecule has 0 spiro atoms. The monoisotopic (exact) mass is 339 g/mol. The molecule has 4 rings (SSSR count). The second kappa shape index (κ2) is 6.43. The summed E-state index contributed by atoms with van der Waals surface area (Å²) in [6.45, 7) is 0.178. The third-order valence-electron chi connectivity index (χ3n) is 4.32. The number of hydrogen-bond donors (Lipinski definition) is 2. The van der Waals surface area contributed by atoms with Gasteiger partial charge in [-0.15, -0.1) is 0 Å². The van der Waals surface area contributed by atoms with E-state index in [-0.39, 0.29) is 37.0 Å². The zero-order valence-corrected chi connectivity index (χ0v) is 13.4. The van der Waals surface area contributed by atoms with Crippen LogP contribution in [-0.2, 0) is 9.59 Å². The molecule has 0 radical (unpaired) electrons. The zero-order chi connectivity index (χ0) is 17.2. The number of amides is 2. The van der Waals surface area contributed by atoms with Crippen molar-refractivity contribution < 1.29 is 19.1 Å². The molecule has 2 atom stereocenters. The van der Waals surface area contributed by atoms with Gasteiger partial charge in [0.05, 0.1) is 18.4 Å². The van der Waals surface area contributed by atoms with E-state index in [1.807, 2.05) is 18.2 Å². The lowest BCUT2D eigenvalue weighted by atomic mass is 10.1. The second-order valence-corrected chi connectivity index (χ2v) is 6.07. The number of nitrogens with zero attached hydrogens (tertiary/aromatic N) is 1. The van der Waals surface area contributed by atoms with Gasteiger partial charge in [-0.3, -0.25) is 14.6 Å². The number of carbonyl (C=O) groups excluding carboxylic acids is 2. The average molecular weight is 339 g/mol. The highest BCUT2D eigenvalue weighted by molar-refractivity contribution is 5.95. The van der Waals surface area contributed by atoms with E-state index in [9.17, 15) is 9.59 Å². The van der Waals surface area contributed by atoms with Crippen molar-refractivity contribution in [1.82, 2.24) is 10.3 Å². The minimum atomic E-state index is -0.276. The highest BCUT2D eigenvalue weighted by Gasteiger charge is 2.44. The zero-order valence-electron chi connectivity index (χ0n) is 13.4. The molecule has 1 aromatic heterocycles. The number of hydrogen-bond acceptors (Lipinski definition) is 5. The fraction of sp³-hybridized carbons (Fsp3) is 0.278. The maximum Gasteiger partial charge on any atom is 0.243 e. The lowest BCUT2D eigenvalue weighted by molar-refractivity contribution is -0.125. The van der Waals surface area contributed by atoms with Gasteiger partial charge in [-0.25, -0.2) is 0 Å². The summed E-state index contributed by atoms with van der Waals surface area (Å²) in [5, 5.41) is 5.37. The fourth-order valence-corrected chi connectivity index (χ4v) is 2.94. The van der Waals surface area contributed by atoms with Crippen LogP contribution < -0.4 is 20.1 Å². The van der Waals surface area contributed by atoms with Crippen LogP contribution in [0.15, 0.2) is 42.7 Å². The first kappa shape index (κ1) is 15.4. The molecule has 1 aliphatic carbocycles. The van der Waals surface area contributed by atoms with Crippen LogP contribution in [0.4, 0.5) is 5.69 Å². The Kier molecular flexibility index (Phi) is 3.97. The van der Waals surface area contributed by atoms with E-state index in [2.05, 4.69) is 15.6 Å². The molecule has 0 bridgehead atoms. The van der Waals surface area contributed by atoms with Crippen LogP contribution in [0.25, 0.3) is 0 Å². The second-order valence-electron chi connectivity index (χ2n) is 6.07. The van der Waals surface area contributed by atoms with E-state index in [0.29, 0.717) is 5.69 Å². The maximum atomic E-state index is 12.2. The first-order valence-corrected chi connectivity index (χ1v) is 8.08. The number of rotatable bonds is 5. The Morgan fingerprint density at radius 3 is 2.92 bits per heavy atom. The fourth-order valence-electron chi connectivity index (χ4n) is 2.94. The molecule has 7 heteroatoms. The van der Waals surface area contributed by atoms with Crippen molar-refractivity contribution in [2.24, 2.45) is 5.92 Å². The Bertz CT molecular complexity index is 809. The normalized spacial score (nSPS) is 20.0. The number of aromatic nitrogens is 1. The molecule has 2 aromatic rings. The molecule has 128 valence electrons. The number of anilines is 1. The SMILES string of the molecule is O=C(CNC(=O)[C@@H]1C[C@H]1c1ccc2c(c1)OCO2)Nc1cccnc1. The van der Waals surface area contributed by atoms with E-state index in [0.717, 1.165) is 23.5 Å². The van der Waals surface area contributed by atoms with Crippen LogP contribution in [0.3, 0.4) is 0 Å². The van der Waals surface area contributed by atoms with E-state index < -0.39 is 0 Å². The quantitative estimate of drug-likeness (QED) is 0.865. The highest BCUT2D eigenvalue weighted by Crippen LogP contribution is 2.49. The van der Waals surface area contributed by atoms with E-state index in [1.54, 1.807) is 24.5 Å². The Hall–Kier alpha value is -3.09. The van der Waals surface area contributed by atoms with Gasteiger partial charge in [0, 0.05) is 12.1 Å². The van der Waals surface area contributed by atoms with Gasteiger partial charge in [0.25, 0.3) is 0 Å². The Balaban J connectivity index is 1.28. The number of ether oxygens (including phenoxy) is 2. The molecule has 1 aromatic carbocycles. The molecule has 25 heavy (non-hydrogen) atoms. The molecule has 0 unspecified atom stereocenters. The number of nitrogens with one attached hydrogen (secondary N) is 2. The van der Waals surface area contributed by atoms with Gasteiger partial charge in [0.1, 0.15) is 0 Å². The molecule has 1 fully saturated rings. The maximum absolute atomic E-state index is 12.2. The number of benzene rings is 1. The molecular weight excluding hydrogens is 322 g/mol. The van der Waals surface area contributed by atoms with Crippen molar-refractivity contribution in [2.45, 2.75) is 12.3 Å². The average Bonchev–Trinajstić information content (AvgIpc) is 3.30. The van der Waals surface area contributed by atoms with Gasteiger partial charge < -0.3 is 20.1 Å². The van der Waals surface area contributed by atoms with E-state index in [1.165, 1.54) is 0 Å². The summed E-state index contributed by atoms with van der Waals surface area (Å²) in [5.41, 5.74) is 1.66. The summed E-state index contributed by atoms with van der Waals surface area (Å²) >= 11 is 0. The standard InChI is InChI=1S/C18H17N3O4/c22-17(21-12-2-1-5-19-8-12)9-20-18(23)14-7-13(14)11-3-4-15-16(6-11)25-10-24-15/h1-6,8,13-14H,7,9-10H2,(H,20,23)(H,21,22)/t13-,14+/m0/s1. The van der Waals surface area contributed by atoms with Gasteiger partial charge in [-0.1, -0.05) is 6.07 Å². The smallest absolute Gasteiger partial charge is 0.243 e. The van der Waals surface area contributed by atoms with Crippen molar-refractivity contribution >= 4 is 17.5 Å². The first-order chi connectivity index (χ1) is 12.2.